The number of H-pyrrole nitrogens is 1. The number of benzene rings is 1. The van der Waals surface area contributed by atoms with Crippen LogP contribution in [-0.4, -0.2) is 63.9 Å². The van der Waals surface area contributed by atoms with Gasteiger partial charge < -0.3 is 37.5 Å². The Morgan fingerprint density at radius 3 is 2.25 bits per heavy atom. The van der Waals surface area contributed by atoms with Crippen molar-refractivity contribution in [1.82, 2.24) is 20.9 Å². The van der Waals surface area contributed by atoms with Crippen LogP contribution in [0, 0.1) is 5.92 Å². The quantitative estimate of drug-likeness (QED) is 0.191. The summed E-state index contributed by atoms with van der Waals surface area (Å²) < 4.78 is 0. The fourth-order valence-corrected chi connectivity index (χ4v) is 3.64. The van der Waals surface area contributed by atoms with Crippen LogP contribution in [-0.2, 0) is 30.4 Å². The van der Waals surface area contributed by atoms with Gasteiger partial charge in [0.2, 0.25) is 23.6 Å². The van der Waals surface area contributed by atoms with Gasteiger partial charge in [0, 0.05) is 23.5 Å². The molecule has 1 aromatic carbocycles. The van der Waals surface area contributed by atoms with Gasteiger partial charge in [0.25, 0.3) is 0 Å². The lowest BCUT2D eigenvalue weighted by molar-refractivity contribution is -0.143. The lowest BCUT2D eigenvalue weighted by Crippen LogP contribution is -2.57. The van der Waals surface area contributed by atoms with Gasteiger partial charge in [-0.1, -0.05) is 32.0 Å². The highest BCUT2D eigenvalue weighted by molar-refractivity contribution is 5.94. The van der Waals surface area contributed by atoms with E-state index in [-0.39, 0.29) is 19.3 Å². The molecule has 0 bridgehead atoms. The van der Waals surface area contributed by atoms with Crippen LogP contribution in [0.2, 0.25) is 0 Å². The minimum absolute atomic E-state index is 0.141. The van der Waals surface area contributed by atoms with E-state index in [0.717, 1.165) is 16.5 Å². The number of carboxylic acids is 1. The van der Waals surface area contributed by atoms with Gasteiger partial charge >= 0.3 is 5.97 Å². The number of rotatable bonds is 13. The van der Waals surface area contributed by atoms with Crippen molar-refractivity contribution in [2.24, 2.45) is 17.4 Å². The molecule has 4 unspecified atom stereocenters. The maximum atomic E-state index is 12.7. The fourth-order valence-electron chi connectivity index (χ4n) is 3.64. The first-order valence-electron chi connectivity index (χ1n) is 11.6. The highest BCUT2D eigenvalue weighted by Gasteiger charge is 2.30. The van der Waals surface area contributed by atoms with E-state index in [4.69, 9.17) is 11.5 Å². The fraction of sp³-hybridized carbons (Fsp3) is 0.458. The smallest absolute Gasteiger partial charge is 0.326 e. The maximum absolute atomic E-state index is 12.7. The largest absolute Gasteiger partial charge is 0.480 e. The van der Waals surface area contributed by atoms with Crippen molar-refractivity contribution < 1.29 is 29.1 Å². The van der Waals surface area contributed by atoms with Crippen LogP contribution in [0.15, 0.2) is 30.5 Å². The van der Waals surface area contributed by atoms with Gasteiger partial charge in [0.15, 0.2) is 0 Å². The number of aromatic nitrogens is 1. The summed E-state index contributed by atoms with van der Waals surface area (Å²) in [5, 5.41) is 17.6. The number of nitrogens with two attached hydrogens (primary N) is 2. The van der Waals surface area contributed by atoms with Crippen LogP contribution in [0.3, 0.4) is 0 Å². The van der Waals surface area contributed by atoms with E-state index in [1.165, 1.54) is 6.92 Å². The zero-order chi connectivity index (χ0) is 27.0. The average molecular weight is 503 g/mol. The van der Waals surface area contributed by atoms with Crippen molar-refractivity contribution in [3.8, 4) is 0 Å². The molecule has 4 atom stereocenters. The molecule has 0 aliphatic heterocycles. The summed E-state index contributed by atoms with van der Waals surface area (Å²) >= 11 is 0. The Morgan fingerprint density at radius 1 is 0.972 bits per heavy atom. The van der Waals surface area contributed by atoms with Crippen molar-refractivity contribution in [3.63, 3.8) is 0 Å². The Labute approximate surface area is 208 Å². The molecular formula is C24H34N6O6. The van der Waals surface area contributed by atoms with E-state index in [1.807, 2.05) is 24.3 Å². The number of para-hydroxylation sites is 1. The number of hydrogen-bond acceptors (Lipinski definition) is 6. The summed E-state index contributed by atoms with van der Waals surface area (Å²) in [6.07, 6.45) is 1.66. The molecule has 0 saturated carbocycles. The number of carboxylic acid groups (broad SMARTS) is 1. The Bertz CT molecular complexity index is 1110. The second-order valence-electron chi connectivity index (χ2n) is 9.04. The average Bonchev–Trinajstić information content (AvgIpc) is 3.21. The van der Waals surface area contributed by atoms with Crippen LogP contribution in [0.1, 0.15) is 39.2 Å². The molecule has 2 aromatic rings. The van der Waals surface area contributed by atoms with Gasteiger partial charge in [-0.15, -0.1) is 0 Å². The first kappa shape index (κ1) is 28.3. The number of carbonyl (C=O) groups excluding carboxylic acids is 4. The number of nitrogens with one attached hydrogen (secondary N) is 4. The molecule has 1 aromatic heterocycles. The Morgan fingerprint density at radius 2 is 1.64 bits per heavy atom. The summed E-state index contributed by atoms with van der Waals surface area (Å²) in [5.74, 6) is -4.39. The first-order valence-corrected chi connectivity index (χ1v) is 11.6. The Kier molecular flexibility index (Phi) is 9.97. The normalized spacial score (nSPS) is 14.5. The van der Waals surface area contributed by atoms with E-state index in [1.54, 1.807) is 20.0 Å². The third-order valence-electron chi connectivity index (χ3n) is 5.75. The number of fused-ring (bicyclic) bond motifs is 1. The monoisotopic (exact) mass is 502 g/mol. The van der Waals surface area contributed by atoms with Crippen LogP contribution < -0.4 is 27.4 Å². The third kappa shape index (κ3) is 7.80. The predicted molar refractivity (Wildman–Crippen MR) is 132 cm³/mol. The summed E-state index contributed by atoms with van der Waals surface area (Å²) in [5.41, 5.74) is 13.0. The highest BCUT2D eigenvalue weighted by Crippen LogP contribution is 2.18. The van der Waals surface area contributed by atoms with Gasteiger partial charge in [-0.2, -0.15) is 0 Å². The molecule has 12 nitrogen and oxygen atoms in total. The Balaban J connectivity index is 2.01. The number of aromatic amines is 1. The zero-order valence-corrected chi connectivity index (χ0v) is 20.5. The SMILES string of the molecule is CC(NC(=O)C(N)Cc1c[nH]c2ccccc12)C(=O)NC(CCC(N)=O)C(=O)NC(C(=O)O)C(C)C. The second kappa shape index (κ2) is 12.7. The number of aliphatic carboxylic acids is 1. The number of hydrogen-bond donors (Lipinski definition) is 7. The Hall–Kier alpha value is -3.93. The van der Waals surface area contributed by atoms with Crippen molar-refractivity contribution in [3.05, 3.63) is 36.0 Å². The van der Waals surface area contributed by atoms with Gasteiger partial charge in [0.1, 0.15) is 18.1 Å². The van der Waals surface area contributed by atoms with E-state index in [2.05, 4.69) is 20.9 Å². The topological polar surface area (TPSA) is 209 Å². The van der Waals surface area contributed by atoms with Gasteiger partial charge in [-0.05, 0) is 37.3 Å². The lowest BCUT2D eigenvalue weighted by Gasteiger charge is -2.24. The van der Waals surface area contributed by atoms with E-state index in [0.29, 0.717) is 0 Å². The van der Waals surface area contributed by atoms with Gasteiger partial charge in [-0.3, -0.25) is 19.2 Å². The molecule has 0 aliphatic rings. The van der Waals surface area contributed by atoms with Crippen molar-refractivity contribution >= 4 is 40.5 Å². The molecule has 196 valence electrons. The molecule has 1 heterocycles. The minimum atomic E-state index is -1.23. The zero-order valence-electron chi connectivity index (χ0n) is 20.5. The summed E-state index contributed by atoms with van der Waals surface area (Å²) in [7, 11) is 0. The molecule has 2 rings (SSSR count). The van der Waals surface area contributed by atoms with Crippen molar-refractivity contribution in [2.75, 3.05) is 0 Å². The molecule has 0 aliphatic carbocycles. The molecule has 9 N–H and O–H groups in total. The van der Waals surface area contributed by atoms with Crippen LogP contribution in [0.4, 0.5) is 0 Å². The molecule has 0 spiro atoms. The van der Waals surface area contributed by atoms with Crippen molar-refractivity contribution in [1.29, 1.82) is 0 Å². The third-order valence-corrected chi connectivity index (χ3v) is 5.75. The lowest BCUT2D eigenvalue weighted by atomic mass is 10.0. The summed E-state index contributed by atoms with van der Waals surface area (Å²) in [6.45, 7) is 4.66. The number of carbonyl (C=O) groups is 5. The highest BCUT2D eigenvalue weighted by atomic mass is 16.4. The second-order valence-corrected chi connectivity index (χ2v) is 9.04. The summed E-state index contributed by atoms with van der Waals surface area (Å²) in [6, 6.07) is 3.16. The van der Waals surface area contributed by atoms with Crippen LogP contribution in [0.5, 0.6) is 0 Å². The molecular weight excluding hydrogens is 468 g/mol. The predicted octanol–water partition coefficient (Wildman–Crippen LogP) is -0.482. The van der Waals surface area contributed by atoms with Crippen LogP contribution >= 0.6 is 0 Å². The molecule has 0 saturated heterocycles. The molecule has 0 fully saturated rings. The van der Waals surface area contributed by atoms with E-state index in [9.17, 15) is 29.1 Å². The van der Waals surface area contributed by atoms with Gasteiger partial charge in [0.05, 0.1) is 6.04 Å². The molecule has 12 heteroatoms. The van der Waals surface area contributed by atoms with Crippen molar-refractivity contribution in [2.45, 2.75) is 64.2 Å². The molecule has 4 amide bonds. The van der Waals surface area contributed by atoms with Crippen LogP contribution in [0.25, 0.3) is 10.9 Å². The van der Waals surface area contributed by atoms with E-state index >= 15 is 0 Å². The maximum Gasteiger partial charge on any atom is 0.326 e. The van der Waals surface area contributed by atoms with Gasteiger partial charge in [-0.25, -0.2) is 4.79 Å². The molecule has 36 heavy (non-hydrogen) atoms. The number of primary amides is 1. The standard InChI is InChI=1S/C24H34N6O6/c1-12(2)20(24(35)36)30-23(34)18(8-9-19(26)31)29-21(32)13(3)28-22(33)16(25)10-14-11-27-17-7-5-4-6-15(14)17/h4-7,11-13,16,18,20,27H,8-10,25H2,1-3H3,(H2,26,31)(H,28,33)(H,29,32)(H,30,34)(H,35,36). The number of amides is 4. The first-order chi connectivity index (χ1) is 16.9. The summed E-state index contributed by atoms with van der Waals surface area (Å²) in [4.78, 5) is 63.8. The molecule has 0 radical (unpaired) electrons. The minimum Gasteiger partial charge on any atom is -0.480 e. The van der Waals surface area contributed by atoms with E-state index < -0.39 is 59.7 Å².